The minimum atomic E-state index is -0.312. The molecule has 0 aromatic carbocycles. The minimum absolute atomic E-state index is 0.00402. The molecular formula is C8H13N5O. The number of rotatable bonds is 3. The maximum Gasteiger partial charge on any atom is 0.241 e. The third-order valence-electron chi connectivity index (χ3n) is 2.41. The lowest BCUT2D eigenvalue weighted by atomic mass is 10.1. The van der Waals surface area contributed by atoms with Gasteiger partial charge in [0, 0.05) is 13.1 Å². The van der Waals surface area contributed by atoms with Crippen LogP contribution in [0.3, 0.4) is 0 Å². The van der Waals surface area contributed by atoms with Crippen LogP contribution in [0.15, 0.2) is 6.33 Å². The summed E-state index contributed by atoms with van der Waals surface area (Å²) in [6.07, 6.45) is 1.67. The van der Waals surface area contributed by atoms with Crippen LogP contribution >= 0.6 is 0 Å². The Morgan fingerprint density at radius 3 is 3.07 bits per heavy atom. The topological polar surface area (TPSA) is 77.0 Å². The van der Waals surface area contributed by atoms with Crippen molar-refractivity contribution in [2.45, 2.75) is 26.1 Å². The van der Waals surface area contributed by atoms with Crippen LogP contribution in [-0.2, 0) is 17.9 Å². The third-order valence-corrected chi connectivity index (χ3v) is 2.41. The van der Waals surface area contributed by atoms with Gasteiger partial charge in [0.2, 0.25) is 5.91 Å². The molecule has 0 aliphatic carbocycles. The molecule has 6 heteroatoms. The number of aromatic nitrogens is 3. The van der Waals surface area contributed by atoms with Crippen molar-refractivity contribution in [1.82, 2.24) is 19.7 Å². The van der Waals surface area contributed by atoms with Crippen LogP contribution in [0.5, 0.6) is 0 Å². The van der Waals surface area contributed by atoms with Gasteiger partial charge in [0.25, 0.3) is 0 Å². The quantitative estimate of drug-likeness (QED) is 0.625. The van der Waals surface area contributed by atoms with Crippen molar-refractivity contribution in [3.05, 3.63) is 12.2 Å². The van der Waals surface area contributed by atoms with E-state index in [0.717, 1.165) is 12.4 Å². The van der Waals surface area contributed by atoms with Crippen molar-refractivity contribution in [2.24, 2.45) is 5.73 Å². The van der Waals surface area contributed by atoms with E-state index >= 15 is 0 Å². The van der Waals surface area contributed by atoms with Gasteiger partial charge in [-0.05, 0) is 6.92 Å². The molecule has 6 nitrogen and oxygen atoms in total. The van der Waals surface area contributed by atoms with Gasteiger partial charge in [-0.2, -0.15) is 0 Å². The molecule has 1 atom stereocenters. The SMILES string of the molecule is CCn1cnnc1CN1CC(N)C1=O. The molecule has 76 valence electrons. The summed E-state index contributed by atoms with van der Waals surface area (Å²) in [4.78, 5) is 12.9. The molecule has 1 fully saturated rings. The lowest BCUT2D eigenvalue weighted by Crippen LogP contribution is -2.60. The zero-order valence-corrected chi connectivity index (χ0v) is 8.05. The maximum atomic E-state index is 11.2. The van der Waals surface area contributed by atoms with Gasteiger partial charge in [0.15, 0.2) is 5.82 Å². The average molecular weight is 195 g/mol. The first kappa shape index (κ1) is 9.14. The minimum Gasteiger partial charge on any atom is -0.332 e. The monoisotopic (exact) mass is 195 g/mol. The van der Waals surface area contributed by atoms with Gasteiger partial charge in [-0.1, -0.05) is 0 Å². The molecule has 2 N–H and O–H groups in total. The molecule has 14 heavy (non-hydrogen) atoms. The summed E-state index contributed by atoms with van der Waals surface area (Å²) >= 11 is 0. The second kappa shape index (κ2) is 3.38. The molecule has 1 saturated heterocycles. The van der Waals surface area contributed by atoms with E-state index in [1.807, 2.05) is 11.5 Å². The highest BCUT2D eigenvalue weighted by atomic mass is 16.2. The summed E-state index contributed by atoms with van der Waals surface area (Å²) in [6.45, 7) is 3.96. The second-order valence-corrected chi connectivity index (χ2v) is 3.36. The number of aryl methyl sites for hydroxylation is 1. The smallest absolute Gasteiger partial charge is 0.241 e. The van der Waals surface area contributed by atoms with E-state index in [1.54, 1.807) is 11.2 Å². The Labute approximate surface area is 81.7 Å². The molecule has 0 bridgehead atoms. The highest BCUT2D eigenvalue weighted by molar-refractivity contribution is 5.87. The van der Waals surface area contributed by atoms with Crippen molar-refractivity contribution in [1.29, 1.82) is 0 Å². The van der Waals surface area contributed by atoms with Crippen LogP contribution in [0.4, 0.5) is 0 Å². The molecule has 1 aliphatic heterocycles. The Morgan fingerprint density at radius 1 is 1.71 bits per heavy atom. The van der Waals surface area contributed by atoms with Crippen molar-refractivity contribution in [3.8, 4) is 0 Å². The van der Waals surface area contributed by atoms with Crippen molar-refractivity contribution >= 4 is 5.91 Å². The summed E-state index contributed by atoms with van der Waals surface area (Å²) < 4.78 is 1.91. The van der Waals surface area contributed by atoms with Gasteiger partial charge in [-0.25, -0.2) is 0 Å². The first-order valence-corrected chi connectivity index (χ1v) is 4.63. The van der Waals surface area contributed by atoms with E-state index in [4.69, 9.17) is 5.73 Å². The van der Waals surface area contributed by atoms with E-state index in [2.05, 4.69) is 10.2 Å². The van der Waals surface area contributed by atoms with E-state index in [9.17, 15) is 4.79 Å². The second-order valence-electron chi connectivity index (χ2n) is 3.36. The Bertz CT molecular complexity index is 347. The molecule has 1 aliphatic rings. The number of hydrogen-bond acceptors (Lipinski definition) is 4. The van der Waals surface area contributed by atoms with Crippen molar-refractivity contribution in [3.63, 3.8) is 0 Å². The fourth-order valence-electron chi connectivity index (χ4n) is 1.51. The Hall–Kier alpha value is -1.43. The van der Waals surface area contributed by atoms with E-state index < -0.39 is 0 Å². The third kappa shape index (κ3) is 1.37. The van der Waals surface area contributed by atoms with Gasteiger partial charge >= 0.3 is 0 Å². The molecule has 1 aromatic rings. The van der Waals surface area contributed by atoms with Crippen molar-refractivity contribution < 1.29 is 4.79 Å². The van der Waals surface area contributed by atoms with Gasteiger partial charge in [0.1, 0.15) is 12.4 Å². The van der Waals surface area contributed by atoms with Crippen LogP contribution in [0.1, 0.15) is 12.7 Å². The molecule has 0 saturated carbocycles. The molecule has 0 radical (unpaired) electrons. The zero-order chi connectivity index (χ0) is 10.1. The average Bonchev–Trinajstić information content (AvgIpc) is 2.64. The molecular weight excluding hydrogens is 182 g/mol. The maximum absolute atomic E-state index is 11.2. The number of amides is 1. The number of nitrogens with zero attached hydrogens (tertiary/aromatic N) is 4. The summed E-state index contributed by atoms with van der Waals surface area (Å²) in [6, 6.07) is -0.312. The van der Waals surface area contributed by atoms with Gasteiger partial charge in [0.05, 0.1) is 6.54 Å². The number of carbonyl (C=O) groups excluding carboxylic acids is 1. The Kier molecular flexibility index (Phi) is 2.20. The van der Waals surface area contributed by atoms with Gasteiger partial charge in [-0.3, -0.25) is 4.79 Å². The van der Waals surface area contributed by atoms with Crippen LogP contribution in [0, 0.1) is 0 Å². The largest absolute Gasteiger partial charge is 0.332 e. The molecule has 0 spiro atoms. The predicted molar refractivity (Wildman–Crippen MR) is 49.1 cm³/mol. The molecule has 1 unspecified atom stereocenters. The molecule has 2 heterocycles. The van der Waals surface area contributed by atoms with Crippen LogP contribution < -0.4 is 5.73 Å². The summed E-state index contributed by atoms with van der Waals surface area (Å²) in [5.41, 5.74) is 5.48. The molecule has 1 aromatic heterocycles. The van der Waals surface area contributed by atoms with Crippen LogP contribution in [0.2, 0.25) is 0 Å². The molecule has 2 rings (SSSR count). The summed E-state index contributed by atoms with van der Waals surface area (Å²) in [5.74, 6) is 0.809. The highest BCUT2D eigenvalue weighted by Crippen LogP contribution is 2.11. The Balaban J connectivity index is 2.01. The van der Waals surface area contributed by atoms with E-state index in [0.29, 0.717) is 13.1 Å². The first-order valence-electron chi connectivity index (χ1n) is 4.63. The summed E-state index contributed by atoms with van der Waals surface area (Å²) in [7, 11) is 0. The number of nitrogens with two attached hydrogens (primary N) is 1. The lowest BCUT2D eigenvalue weighted by molar-refractivity contribution is -0.143. The standard InChI is InChI=1S/C8H13N5O/c1-2-12-5-10-11-7(12)4-13-3-6(9)8(13)14/h5-6H,2-4,9H2,1H3. The van der Waals surface area contributed by atoms with Crippen LogP contribution in [0.25, 0.3) is 0 Å². The predicted octanol–water partition coefficient (Wildman–Crippen LogP) is -1.03. The fourth-order valence-corrected chi connectivity index (χ4v) is 1.51. The number of carbonyl (C=O) groups is 1. The fraction of sp³-hybridized carbons (Fsp3) is 0.625. The van der Waals surface area contributed by atoms with E-state index in [1.165, 1.54) is 0 Å². The highest BCUT2D eigenvalue weighted by Gasteiger charge is 2.33. The van der Waals surface area contributed by atoms with Crippen LogP contribution in [-0.4, -0.2) is 38.2 Å². The molecule has 1 amide bonds. The number of likely N-dealkylation sites (tertiary alicyclic amines) is 1. The summed E-state index contributed by atoms with van der Waals surface area (Å²) in [5, 5.41) is 7.74. The van der Waals surface area contributed by atoms with Gasteiger partial charge < -0.3 is 15.2 Å². The zero-order valence-electron chi connectivity index (χ0n) is 8.05. The van der Waals surface area contributed by atoms with Gasteiger partial charge in [-0.15, -0.1) is 10.2 Å². The van der Waals surface area contributed by atoms with Crippen molar-refractivity contribution in [2.75, 3.05) is 6.54 Å². The van der Waals surface area contributed by atoms with E-state index in [-0.39, 0.29) is 11.9 Å². The lowest BCUT2D eigenvalue weighted by Gasteiger charge is -2.35. The normalized spacial score (nSPS) is 21.1. The Morgan fingerprint density at radius 2 is 2.50 bits per heavy atom. The number of β-lactam (4-membered cyclic amide) rings is 1. The number of hydrogen-bond donors (Lipinski definition) is 1. The first-order chi connectivity index (χ1) is 6.72.